The number of amides is 1. The lowest BCUT2D eigenvalue weighted by Gasteiger charge is -2.51. The molecule has 188 valence electrons. The molecule has 1 amide bonds. The summed E-state index contributed by atoms with van der Waals surface area (Å²) in [6.45, 7) is 14.1. The van der Waals surface area contributed by atoms with Crippen LogP contribution in [0.5, 0.6) is 0 Å². The Bertz CT molecular complexity index is 997. The van der Waals surface area contributed by atoms with Gasteiger partial charge in [-0.3, -0.25) is 4.18 Å². The van der Waals surface area contributed by atoms with Crippen molar-refractivity contribution >= 4 is 24.7 Å². The number of carbonyl (C=O) groups is 1. The first-order valence-electron chi connectivity index (χ1n) is 10.4. The maximum absolute atomic E-state index is 13.2. The average molecular weight is 512 g/mol. The van der Waals surface area contributed by atoms with Crippen LogP contribution in [-0.4, -0.2) is 44.4 Å². The maximum Gasteiger partial charge on any atom is 0.423 e. The van der Waals surface area contributed by atoms with Gasteiger partial charge in [0.05, 0.1) is 18.3 Å². The molecule has 7 nitrogen and oxygen atoms in total. The van der Waals surface area contributed by atoms with E-state index in [0.717, 1.165) is 12.1 Å². The van der Waals surface area contributed by atoms with Crippen LogP contribution in [0.15, 0.2) is 24.3 Å². The molecular formula is C21H32F3NO6SSi. The molecule has 33 heavy (non-hydrogen) atoms. The lowest BCUT2D eigenvalue weighted by atomic mass is 9.68. The van der Waals surface area contributed by atoms with Gasteiger partial charge < -0.3 is 9.53 Å². The van der Waals surface area contributed by atoms with Gasteiger partial charge in [-0.05, 0) is 41.2 Å². The molecule has 0 aromatic heterocycles. The van der Waals surface area contributed by atoms with E-state index in [1.807, 2.05) is 33.9 Å². The summed E-state index contributed by atoms with van der Waals surface area (Å²) in [7, 11) is -7.36. The third-order valence-electron chi connectivity index (χ3n) is 6.68. The lowest BCUT2D eigenvalue weighted by Crippen LogP contribution is -2.63. The number of hydrogen-bond donors (Lipinski definition) is 1. The van der Waals surface area contributed by atoms with Gasteiger partial charge in [-0.25, -0.2) is 4.79 Å². The molecule has 1 aliphatic rings. The SMILES string of the molecule is CC(C)(C)[C@]1([C@@H](O[Si](C)(C)C(C)(C)C)c2ccc(C(F)(F)F)cc2)COS(=O)(=O)N1C(=O)O. The number of carboxylic acid groups (broad SMARTS) is 1. The van der Waals surface area contributed by atoms with Crippen LogP contribution in [0.4, 0.5) is 18.0 Å². The van der Waals surface area contributed by atoms with Crippen LogP contribution in [0.3, 0.4) is 0 Å². The van der Waals surface area contributed by atoms with E-state index in [4.69, 9.17) is 8.61 Å². The van der Waals surface area contributed by atoms with E-state index in [0.29, 0.717) is 0 Å². The smallest absolute Gasteiger partial charge is 0.423 e. The van der Waals surface area contributed by atoms with Crippen LogP contribution in [0.1, 0.15) is 58.8 Å². The summed E-state index contributed by atoms with van der Waals surface area (Å²) in [4.78, 5) is 12.2. The molecule has 0 spiro atoms. The molecule has 2 rings (SSSR count). The minimum Gasteiger partial charge on any atom is -0.464 e. The summed E-state index contributed by atoms with van der Waals surface area (Å²) >= 11 is 0. The molecule has 1 N–H and O–H groups in total. The van der Waals surface area contributed by atoms with Crippen LogP contribution in [0.2, 0.25) is 18.1 Å². The zero-order valence-corrected chi connectivity index (χ0v) is 21.9. The number of hydrogen-bond acceptors (Lipinski definition) is 5. The van der Waals surface area contributed by atoms with Crippen LogP contribution in [0.25, 0.3) is 0 Å². The quantitative estimate of drug-likeness (QED) is 0.513. The molecule has 0 unspecified atom stereocenters. The first-order valence-corrected chi connectivity index (χ1v) is 14.6. The van der Waals surface area contributed by atoms with Gasteiger partial charge in [-0.2, -0.15) is 25.9 Å². The van der Waals surface area contributed by atoms with E-state index in [-0.39, 0.29) is 14.9 Å². The molecule has 1 aromatic rings. The maximum atomic E-state index is 13.2. The first-order chi connectivity index (χ1) is 14.6. The van der Waals surface area contributed by atoms with E-state index in [1.54, 1.807) is 20.8 Å². The van der Waals surface area contributed by atoms with Crippen molar-refractivity contribution in [3.8, 4) is 0 Å². The standard InChI is InChI=1S/C21H32F3NO6SSi/c1-18(2,3)20(13-30-32(28,29)25(20)17(26)27)16(31-33(7,8)19(4,5)6)14-9-11-15(12-10-14)21(22,23)24/h9-12,16H,13H2,1-8H3,(H,26,27)/t16-,20+/m0/s1. The second-order valence-electron chi connectivity index (χ2n) is 10.8. The largest absolute Gasteiger partial charge is 0.464 e. The summed E-state index contributed by atoms with van der Waals surface area (Å²) in [6, 6.07) is 4.17. The zero-order valence-electron chi connectivity index (χ0n) is 20.1. The third kappa shape index (κ3) is 4.93. The first kappa shape index (κ1) is 27.6. The Kier molecular flexibility index (Phi) is 6.90. The van der Waals surface area contributed by atoms with Gasteiger partial charge in [-0.1, -0.05) is 53.7 Å². The van der Waals surface area contributed by atoms with Crippen LogP contribution in [0, 0.1) is 5.41 Å². The number of benzene rings is 1. The van der Waals surface area contributed by atoms with Crippen molar-refractivity contribution < 1.29 is 40.1 Å². The normalized spacial score (nSPS) is 22.9. The highest BCUT2D eigenvalue weighted by atomic mass is 32.2. The molecule has 2 atom stereocenters. The van der Waals surface area contributed by atoms with Gasteiger partial charge in [0.1, 0.15) is 5.54 Å². The third-order valence-corrected chi connectivity index (χ3v) is 12.5. The van der Waals surface area contributed by atoms with Gasteiger partial charge in [0, 0.05) is 0 Å². The van der Waals surface area contributed by atoms with Crippen molar-refractivity contribution in [2.45, 2.75) is 77.5 Å². The van der Waals surface area contributed by atoms with E-state index >= 15 is 0 Å². The number of rotatable bonds is 4. The summed E-state index contributed by atoms with van der Waals surface area (Å²) < 4.78 is 76.8. The van der Waals surface area contributed by atoms with Gasteiger partial charge in [0.2, 0.25) is 0 Å². The Balaban J connectivity index is 2.85. The molecule has 12 heteroatoms. The van der Waals surface area contributed by atoms with Crippen molar-refractivity contribution in [1.82, 2.24) is 4.31 Å². The lowest BCUT2D eigenvalue weighted by molar-refractivity contribution is -0.137. The topological polar surface area (TPSA) is 93.1 Å². The predicted octanol–water partition coefficient (Wildman–Crippen LogP) is 5.81. The monoisotopic (exact) mass is 511 g/mol. The molecule has 1 saturated heterocycles. The van der Waals surface area contributed by atoms with Gasteiger partial charge >= 0.3 is 22.6 Å². The molecule has 0 saturated carbocycles. The Morgan fingerprint density at radius 1 is 1.12 bits per heavy atom. The summed E-state index contributed by atoms with van der Waals surface area (Å²) in [6.07, 6.45) is -7.53. The minimum absolute atomic E-state index is 0.231. The van der Waals surface area contributed by atoms with Gasteiger partial charge in [-0.15, -0.1) is 0 Å². The number of nitrogens with zero attached hydrogens (tertiary/aromatic N) is 1. The van der Waals surface area contributed by atoms with Crippen LogP contribution < -0.4 is 0 Å². The molecule has 1 fully saturated rings. The van der Waals surface area contributed by atoms with Gasteiger partial charge in [0.25, 0.3) is 0 Å². The summed E-state index contributed by atoms with van der Waals surface area (Å²) in [5.41, 5.74) is -3.47. The minimum atomic E-state index is -4.66. The average Bonchev–Trinajstić information content (AvgIpc) is 2.90. The molecule has 0 radical (unpaired) electrons. The summed E-state index contributed by atoms with van der Waals surface area (Å²) in [5, 5.41) is 9.57. The molecule has 1 aromatic carbocycles. The molecule has 0 aliphatic carbocycles. The fourth-order valence-electron chi connectivity index (χ4n) is 3.60. The van der Waals surface area contributed by atoms with E-state index in [9.17, 15) is 31.5 Å². The van der Waals surface area contributed by atoms with Crippen molar-refractivity contribution in [1.29, 1.82) is 0 Å². The number of halogens is 3. The highest BCUT2D eigenvalue weighted by Crippen LogP contribution is 2.54. The van der Waals surface area contributed by atoms with Crippen molar-refractivity contribution in [2.75, 3.05) is 6.61 Å². The highest BCUT2D eigenvalue weighted by molar-refractivity contribution is 7.85. The number of alkyl halides is 3. The molecule has 0 bridgehead atoms. The molecular weight excluding hydrogens is 479 g/mol. The van der Waals surface area contributed by atoms with E-state index < -0.39 is 60.1 Å². The second-order valence-corrected chi connectivity index (χ2v) is 17.0. The van der Waals surface area contributed by atoms with Crippen molar-refractivity contribution in [2.24, 2.45) is 5.41 Å². The van der Waals surface area contributed by atoms with Gasteiger partial charge in [0.15, 0.2) is 8.32 Å². The van der Waals surface area contributed by atoms with Crippen LogP contribution in [-0.2, 0) is 25.1 Å². The van der Waals surface area contributed by atoms with E-state index in [1.165, 1.54) is 12.1 Å². The predicted molar refractivity (Wildman–Crippen MR) is 119 cm³/mol. The fourth-order valence-corrected chi connectivity index (χ4v) is 6.32. The van der Waals surface area contributed by atoms with Crippen LogP contribution >= 0.6 is 0 Å². The van der Waals surface area contributed by atoms with E-state index in [2.05, 4.69) is 0 Å². The fraction of sp³-hybridized carbons (Fsp3) is 0.667. The molecule has 1 heterocycles. The van der Waals surface area contributed by atoms with Crippen molar-refractivity contribution in [3.63, 3.8) is 0 Å². The Hall–Kier alpha value is -1.63. The zero-order chi connectivity index (χ0) is 25.8. The Labute approximate surface area is 194 Å². The second kappa shape index (κ2) is 8.24. The Morgan fingerprint density at radius 3 is 1.97 bits per heavy atom. The summed E-state index contributed by atoms with van der Waals surface area (Å²) in [5.74, 6) is 0. The highest BCUT2D eigenvalue weighted by Gasteiger charge is 2.66. The van der Waals surface area contributed by atoms with Crippen molar-refractivity contribution in [3.05, 3.63) is 35.4 Å². The molecule has 1 aliphatic heterocycles. The Morgan fingerprint density at radius 2 is 1.61 bits per heavy atom.